The number of thiocarbonyl (C=S) groups is 1. The number of aliphatic hydroxyl groups excluding tert-OH is 1. The Hall–Kier alpha value is -3.16. The number of benzene rings is 2. The smallest absolute Gasteiger partial charge is 0.257 e. The highest BCUT2D eigenvalue weighted by Crippen LogP contribution is 2.33. The second-order valence-corrected chi connectivity index (χ2v) is 6.52. The largest absolute Gasteiger partial charge is 0.496 e. The number of hydrogen-bond acceptors (Lipinski definition) is 5. The molecule has 0 radical (unpaired) electrons. The van der Waals surface area contributed by atoms with Crippen LogP contribution < -0.4 is 15.4 Å². The van der Waals surface area contributed by atoms with Crippen LogP contribution in [0.25, 0.3) is 11.3 Å². The van der Waals surface area contributed by atoms with E-state index in [9.17, 15) is 4.79 Å². The highest BCUT2D eigenvalue weighted by Gasteiger charge is 2.13. The number of carbonyl (C=O) groups excluding carboxylic acids is 1. The Bertz CT molecular complexity index is 996. The third-order valence-electron chi connectivity index (χ3n) is 4.08. The van der Waals surface area contributed by atoms with Crippen LogP contribution in [0.2, 0.25) is 0 Å². The highest BCUT2D eigenvalue weighted by molar-refractivity contribution is 7.80. The average Bonchev–Trinajstić information content (AvgIpc) is 3.17. The molecule has 6 nitrogen and oxygen atoms in total. The van der Waals surface area contributed by atoms with E-state index in [1.807, 2.05) is 25.1 Å². The van der Waals surface area contributed by atoms with Gasteiger partial charge in [-0.05, 0) is 55.5 Å². The van der Waals surface area contributed by atoms with Crippen LogP contribution >= 0.6 is 12.2 Å². The zero-order valence-electron chi connectivity index (χ0n) is 15.5. The van der Waals surface area contributed by atoms with E-state index >= 15 is 0 Å². The Kier molecular flexibility index (Phi) is 6.08. The van der Waals surface area contributed by atoms with E-state index in [0.717, 1.165) is 11.1 Å². The molecule has 0 spiro atoms. The number of aryl methyl sites for hydroxylation is 1. The molecule has 0 aliphatic carbocycles. The zero-order valence-corrected chi connectivity index (χ0v) is 16.3. The van der Waals surface area contributed by atoms with Crippen molar-refractivity contribution in [3.05, 3.63) is 71.5 Å². The van der Waals surface area contributed by atoms with Crippen LogP contribution in [0.5, 0.6) is 5.75 Å². The summed E-state index contributed by atoms with van der Waals surface area (Å²) in [7, 11) is 1.55. The van der Waals surface area contributed by atoms with E-state index in [2.05, 4.69) is 10.6 Å². The topological polar surface area (TPSA) is 83.7 Å². The molecular weight excluding hydrogens is 376 g/mol. The van der Waals surface area contributed by atoms with Crippen LogP contribution in [0.4, 0.5) is 5.69 Å². The van der Waals surface area contributed by atoms with Crippen LogP contribution in [-0.2, 0) is 6.61 Å². The minimum atomic E-state index is -0.284. The molecule has 0 unspecified atom stereocenters. The molecule has 0 saturated carbocycles. The summed E-state index contributed by atoms with van der Waals surface area (Å²) in [5.41, 5.74) is 3.00. The lowest BCUT2D eigenvalue weighted by Gasteiger charge is -2.12. The van der Waals surface area contributed by atoms with Crippen LogP contribution in [0, 0.1) is 6.92 Å². The first-order valence-corrected chi connectivity index (χ1v) is 8.98. The Morgan fingerprint density at radius 3 is 2.54 bits per heavy atom. The van der Waals surface area contributed by atoms with Gasteiger partial charge in [-0.15, -0.1) is 0 Å². The second kappa shape index (κ2) is 8.69. The lowest BCUT2D eigenvalue weighted by Crippen LogP contribution is -2.34. The average molecular weight is 396 g/mol. The molecule has 3 aromatic rings. The minimum absolute atomic E-state index is 0.170. The molecule has 28 heavy (non-hydrogen) atoms. The number of anilines is 1. The van der Waals surface area contributed by atoms with Crippen LogP contribution in [0.15, 0.2) is 59.0 Å². The molecular formula is C21H20N2O4S. The van der Waals surface area contributed by atoms with Gasteiger partial charge >= 0.3 is 0 Å². The van der Waals surface area contributed by atoms with Gasteiger partial charge in [-0.25, -0.2) is 0 Å². The molecule has 0 aliphatic heterocycles. The fourth-order valence-corrected chi connectivity index (χ4v) is 2.83. The lowest BCUT2D eigenvalue weighted by molar-refractivity contribution is 0.0977. The first-order valence-electron chi connectivity index (χ1n) is 8.57. The first-order chi connectivity index (χ1) is 13.5. The van der Waals surface area contributed by atoms with E-state index in [-0.39, 0.29) is 17.6 Å². The molecule has 3 rings (SSSR count). The summed E-state index contributed by atoms with van der Waals surface area (Å²) >= 11 is 5.23. The number of methoxy groups -OCH3 is 1. The van der Waals surface area contributed by atoms with Crippen molar-refractivity contribution in [2.75, 3.05) is 12.4 Å². The number of aliphatic hydroxyl groups is 1. The van der Waals surface area contributed by atoms with Gasteiger partial charge < -0.3 is 19.6 Å². The van der Waals surface area contributed by atoms with Crippen molar-refractivity contribution in [2.24, 2.45) is 0 Å². The maximum absolute atomic E-state index is 12.3. The standard InChI is InChI=1S/C21H20N2O4S/c1-13-3-5-14(6-4-13)20(25)23-21(28)22-15-7-9-17(19(11-15)26-2)18-10-8-16(12-24)27-18/h3-11,24H,12H2,1-2H3,(H2,22,23,25,28). The SMILES string of the molecule is COc1cc(NC(=S)NC(=O)c2ccc(C)cc2)ccc1-c1ccc(CO)o1. The summed E-state index contributed by atoms with van der Waals surface area (Å²) in [5.74, 6) is 1.34. The van der Waals surface area contributed by atoms with Crippen molar-refractivity contribution >= 4 is 28.9 Å². The summed E-state index contributed by atoms with van der Waals surface area (Å²) in [5, 5.41) is 15.0. The van der Waals surface area contributed by atoms with Gasteiger partial charge in [0, 0.05) is 17.3 Å². The van der Waals surface area contributed by atoms with Crippen molar-refractivity contribution < 1.29 is 19.1 Å². The van der Waals surface area contributed by atoms with Gasteiger partial charge in [-0.2, -0.15) is 0 Å². The maximum Gasteiger partial charge on any atom is 0.257 e. The second-order valence-electron chi connectivity index (χ2n) is 6.11. The Labute approximate surface area is 168 Å². The predicted octanol–water partition coefficient (Wildman–Crippen LogP) is 3.88. The van der Waals surface area contributed by atoms with Crippen LogP contribution in [0.3, 0.4) is 0 Å². The molecule has 1 amide bonds. The number of ether oxygens (including phenoxy) is 1. The molecule has 0 atom stereocenters. The van der Waals surface area contributed by atoms with E-state index in [0.29, 0.717) is 28.5 Å². The van der Waals surface area contributed by atoms with Crippen molar-refractivity contribution in [1.82, 2.24) is 5.32 Å². The number of nitrogens with one attached hydrogen (secondary N) is 2. The third-order valence-corrected chi connectivity index (χ3v) is 4.29. The minimum Gasteiger partial charge on any atom is -0.496 e. The monoisotopic (exact) mass is 396 g/mol. The van der Waals surface area contributed by atoms with Crippen molar-refractivity contribution in [1.29, 1.82) is 0 Å². The molecule has 3 N–H and O–H groups in total. The Balaban J connectivity index is 1.70. The summed E-state index contributed by atoms with van der Waals surface area (Å²) in [6.07, 6.45) is 0. The number of rotatable bonds is 5. The number of furan rings is 1. The van der Waals surface area contributed by atoms with Gasteiger partial charge in [0.05, 0.1) is 12.7 Å². The fraction of sp³-hybridized carbons (Fsp3) is 0.143. The van der Waals surface area contributed by atoms with Crippen molar-refractivity contribution in [3.63, 3.8) is 0 Å². The van der Waals surface area contributed by atoms with Crippen LogP contribution in [-0.4, -0.2) is 23.2 Å². The van der Waals surface area contributed by atoms with E-state index in [4.69, 9.17) is 26.5 Å². The van der Waals surface area contributed by atoms with Crippen LogP contribution in [0.1, 0.15) is 21.7 Å². The van der Waals surface area contributed by atoms with Crippen molar-refractivity contribution in [3.8, 4) is 17.1 Å². The van der Waals surface area contributed by atoms with Gasteiger partial charge in [0.1, 0.15) is 23.9 Å². The normalized spacial score (nSPS) is 10.4. The van der Waals surface area contributed by atoms with Gasteiger partial charge in [0.25, 0.3) is 5.91 Å². The number of amides is 1. The fourth-order valence-electron chi connectivity index (χ4n) is 2.62. The van der Waals surface area contributed by atoms with Gasteiger partial charge in [-0.3, -0.25) is 10.1 Å². The molecule has 0 saturated heterocycles. The zero-order chi connectivity index (χ0) is 20.1. The Morgan fingerprint density at radius 1 is 1.14 bits per heavy atom. The highest BCUT2D eigenvalue weighted by atomic mass is 32.1. The van der Waals surface area contributed by atoms with Gasteiger partial charge in [0.15, 0.2) is 5.11 Å². The van der Waals surface area contributed by atoms with Gasteiger partial charge in [0.2, 0.25) is 0 Å². The van der Waals surface area contributed by atoms with Gasteiger partial charge in [-0.1, -0.05) is 17.7 Å². The molecule has 0 aliphatic rings. The summed E-state index contributed by atoms with van der Waals surface area (Å²) < 4.78 is 11.0. The van der Waals surface area contributed by atoms with Crippen molar-refractivity contribution in [2.45, 2.75) is 13.5 Å². The Morgan fingerprint density at radius 2 is 1.89 bits per heavy atom. The molecule has 1 heterocycles. The van der Waals surface area contributed by atoms with E-state index in [1.54, 1.807) is 43.5 Å². The lowest BCUT2D eigenvalue weighted by atomic mass is 10.1. The first kappa shape index (κ1) is 19.6. The molecule has 7 heteroatoms. The maximum atomic E-state index is 12.3. The summed E-state index contributed by atoms with van der Waals surface area (Å²) in [4.78, 5) is 12.3. The predicted molar refractivity (Wildman–Crippen MR) is 111 cm³/mol. The molecule has 0 fully saturated rings. The molecule has 0 bridgehead atoms. The van der Waals surface area contributed by atoms with E-state index < -0.39 is 0 Å². The van der Waals surface area contributed by atoms with E-state index in [1.165, 1.54) is 0 Å². The summed E-state index contributed by atoms with van der Waals surface area (Å²) in [6.45, 7) is 1.79. The summed E-state index contributed by atoms with van der Waals surface area (Å²) in [6, 6.07) is 16.1. The molecule has 1 aromatic heterocycles. The number of carbonyl (C=O) groups is 1. The quantitative estimate of drug-likeness (QED) is 0.568. The molecule has 144 valence electrons. The third kappa shape index (κ3) is 4.57. The molecule has 2 aromatic carbocycles. The number of hydrogen-bond donors (Lipinski definition) is 3.